The van der Waals surface area contributed by atoms with Crippen LogP contribution in [0.2, 0.25) is 0 Å². The number of carbonyl (C=O) groups is 3. The largest absolute Gasteiger partial charge is 0.485 e. The van der Waals surface area contributed by atoms with E-state index >= 15 is 0 Å². The van der Waals surface area contributed by atoms with Gasteiger partial charge in [-0.3, -0.25) is 14.4 Å². The lowest BCUT2D eigenvalue weighted by Gasteiger charge is -2.37. The van der Waals surface area contributed by atoms with Crippen molar-refractivity contribution in [3.05, 3.63) is 29.3 Å². The third kappa shape index (κ3) is 7.86. The first kappa shape index (κ1) is 31.6. The molecule has 0 aromatic heterocycles. The Balaban J connectivity index is 1.65. The lowest BCUT2D eigenvalue weighted by atomic mass is 9.85. The number of piperidine rings is 1. The van der Waals surface area contributed by atoms with Gasteiger partial charge in [0.25, 0.3) is 0 Å². The number of nitrogens with one attached hydrogen (secondary N) is 1. The van der Waals surface area contributed by atoms with Crippen LogP contribution in [0.1, 0.15) is 72.6 Å². The third-order valence-corrected chi connectivity index (χ3v) is 7.45. The predicted octanol–water partition coefficient (Wildman–Crippen LogP) is 4.02. The van der Waals surface area contributed by atoms with Gasteiger partial charge in [-0.2, -0.15) is 8.78 Å². The predicted molar refractivity (Wildman–Crippen MR) is 136 cm³/mol. The van der Waals surface area contributed by atoms with Gasteiger partial charge in [0.15, 0.2) is 17.4 Å². The molecule has 0 bridgehead atoms. The van der Waals surface area contributed by atoms with Gasteiger partial charge < -0.3 is 24.8 Å². The molecule has 2 atom stereocenters. The Morgan fingerprint density at radius 1 is 1.07 bits per heavy atom. The lowest BCUT2D eigenvalue weighted by molar-refractivity contribution is -0.156. The molecular formula is C28H38F4N2O6. The fourth-order valence-electron chi connectivity index (χ4n) is 5.21. The standard InChI is InChI=1S/C28H38F4N2O6/c1-27(2,3)40-21(36)14-19(20(35)15-39-24-22(31)17(29)13-18(30)23(24)32)33-25(37)16-7-11-34(12-8-16)26(38)28(4)9-5-6-10-28/h13,16,19-20,35H,5-12,14-15H2,1-4H3,(H,33,37)/t19-,20?/m0/s1. The normalized spacial score (nSPS) is 19.2. The summed E-state index contributed by atoms with van der Waals surface area (Å²) in [6.45, 7) is 6.74. The van der Waals surface area contributed by atoms with Crippen molar-refractivity contribution >= 4 is 17.8 Å². The number of halogens is 4. The Labute approximate surface area is 231 Å². The van der Waals surface area contributed by atoms with Crippen LogP contribution >= 0.6 is 0 Å². The van der Waals surface area contributed by atoms with Crippen LogP contribution in [0.4, 0.5) is 17.6 Å². The number of nitrogens with zero attached hydrogens (tertiary/aromatic N) is 1. The summed E-state index contributed by atoms with van der Waals surface area (Å²) in [5.74, 6) is -9.99. The second kappa shape index (κ2) is 12.7. The highest BCUT2D eigenvalue weighted by atomic mass is 19.2. The number of rotatable bonds is 9. The lowest BCUT2D eigenvalue weighted by Crippen LogP contribution is -2.52. The Hall–Kier alpha value is -2.89. The average Bonchev–Trinajstić information content (AvgIpc) is 3.33. The molecule has 3 rings (SSSR count). The Morgan fingerprint density at radius 3 is 2.15 bits per heavy atom. The van der Waals surface area contributed by atoms with E-state index in [9.17, 15) is 37.1 Å². The molecule has 1 saturated carbocycles. The molecule has 1 saturated heterocycles. The highest BCUT2D eigenvalue weighted by molar-refractivity contribution is 5.84. The van der Waals surface area contributed by atoms with Gasteiger partial charge >= 0.3 is 5.97 Å². The molecule has 12 heteroatoms. The van der Waals surface area contributed by atoms with Crippen LogP contribution in [0.15, 0.2) is 6.07 Å². The van der Waals surface area contributed by atoms with Gasteiger partial charge in [0.2, 0.25) is 23.4 Å². The molecule has 1 aliphatic carbocycles. The van der Waals surface area contributed by atoms with Crippen molar-refractivity contribution in [2.24, 2.45) is 11.3 Å². The van der Waals surface area contributed by atoms with Crippen molar-refractivity contribution < 1.29 is 46.5 Å². The van der Waals surface area contributed by atoms with Gasteiger partial charge in [0, 0.05) is 30.5 Å². The average molecular weight is 575 g/mol. The highest BCUT2D eigenvalue weighted by Crippen LogP contribution is 2.40. The number of esters is 1. The summed E-state index contributed by atoms with van der Waals surface area (Å²) in [5.41, 5.74) is -1.24. The summed E-state index contributed by atoms with van der Waals surface area (Å²) in [7, 11) is 0. The molecule has 224 valence electrons. The summed E-state index contributed by atoms with van der Waals surface area (Å²) in [6, 6.07) is -1.28. The third-order valence-electron chi connectivity index (χ3n) is 7.45. The van der Waals surface area contributed by atoms with E-state index in [1.54, 1.807) is 25.7 Å². The minimum absolute atomic E-state index is 0.0203. The van der Waals surface area contributed by atoms with E-state index in [2.05, 4.69) is 5.32 Å². The number of aliphatic hydroxyl groups is 1. The van der Waals surface area contributed by atoms with E-state index in [0.717, 1.165) is 25.7 Å². The molecule has 2 amide bonds. The number of amides is 2. The second-order valence-electron chi connectivity index (χ2n) is 11.9. The molecule has 2 aliphatic rings. The number of hydrogen-bond acceptors (Lipinski definition) is 6. The summed E-state index contributed by atoms with van der Waals surface area (Å²) < 4.78 is 65.2. The van der Waals surface area contributed by atoms with Crippen molar-refractivity contribution in [1.82, 2.24) is 10.2 Å². The molecule has 8 nitrogen and oxygen atoms in total. The molecule has 2 fully saturated rings. The monoisotopic (exact) mass is 574 g/mol. The number of ether oxygens (including phenoxy) is 2. The van der Waals surface area contributed by atoms with Crippen LogP contribution in [0.25, 0.3) is 0 Å². The molecule has 1 aromatic carbocycles. The van der Waals surface area contributed by atoms with E-state index in [4.69, 9.17) is 9.47 Å². The molecule has 0 radical (unpaired) electrons. The Bertz CT molecular complexity index is 1070. The van der Waals surface area contributed by atoms with Crippen molar-refractivity contribution in [2.75, 3.05) is 19.7 Å². The van der Waals surface area contributed by atoms with Crippen LogP contribution in [0, 0.1) is 34.6 Å². The van der Waals surface area contributed by atoms with Gasteiger partial charge in [0.05, 0.1) is 12.5 Å². The van der Waals surface area contributed by atoms with E-state index in [-0.39, 0.29) is 17.4 Å². The van der Waals surface area contributed by atoms with Gasteiger partial charge in [0.1, 0.15) is 18.3 Å². The molecule has 40 heavy (non-hydrogen) atoms. The Morgan fingerprint density at radius 2 is 1.62 bits per heavy atom. The fraction of sp³-hybridized carbons (Fsp3) is 0.679. The number of carbonyl (C=O) groups excluding carboxylic acids is 3. The zero-order valence-corrected chi connectivity index (χ0v) is 23.3. The zero-order valence-electron chi connectivity index (χ0n) is 23.3. The SMILES string of the molecule is CC(C)(C)OC(=O)C[C@H](NC(=O)C1CCN(C(=O)C2(C)CCCC2)CC1)C(O)COc1c(F)c(F)cc(F)c1F. The Kier molecular flexibility index (Phi) is 10.1. The topological polar surface area (TPSA) is 105 Å². The van der Waals surface area contributed by atoms with Crippen LogP contribution < -0.4 is 10.1 Å². The summed E-state index contributed by atoms with van der Waals surface area (Å²) in [4.78, 5) is 40.4. The van der Waals surface area contributed by atoms with Crippen molar-refractivity contribution in [3.63, 3.8) is 0 Å². The van der Waals surface area contributed by atoms with E-state index < -0.39 is 77.6 Å². The minimum Gasteiger partial charge on any atom is -0.485 e. The van der Waals surface area contributed by atoms with Crippen LogP contribution in [-0.4, -0.2) is 65.2 Å². The second-order valence-corrected chi connectivity index (χ2v) is 11.9. The quantitative estimate of drug-likeness (QED) is 0.262. The van der Waals surface area contributed by atoms with E-state index in [0.29, 0.717) is 25.9 Å². The van der Waals surface area contributed by atoms with Gasteiger partial charge in [-0.15, -0.1) is 0 Å². The summed E-state index contributed by atoms with van der Waals surface area (Å²) in [5, 5.41) is 13.3. The van der Waals surface area contributed by atoms with Crippen LogP contribution in [0.5, 0.6) is 5.75 Å². The molecule has 1 unspecified atom stereocenters. The smallest absolute Gasteiger partial charge is 0.308 e. The summed E-state index contributed by atoms with van der Waals surface area (Å²) in [6.07, 6.45) is 2.25. The van der Waals surface area contributed by atoms with E-state index in [1.165, 1.54) is 0 Å². The molecule has 1 aromatic rings. The molecule has 2 N–H and O–H groups in total. The van der Waals surface area contributed by atoms with Gasteiger partial charge in [-0.1, -0.05) is 19.8 Å². The van der Waals surface area contributed by atoms with Crippen LogP contribution in [0.3, 0.4) is 0 Å². The van der Waals surface area contributed by atoms with Crippen molar-refractivity contribution in [3.8, 4) is 5.75 Å². The number of aliphatic hydroxyl groups excluding tert-OH is 1. The zero-order chi connectivity index (χ0) is 29.8. The maximum absolute atomic E-state index is 14.0. The maximum atomic E-state index is 14.0. The fourth-order valence-corrected chi connectivity index (χ4v) is 5.21. The maximum Gasteiger partial charge on any atom is 0.308 e. The molecule has 1 heterocycles. The molecule has 1 aliphatic heterocycles. The van der Waals surface area contributed by atoms with Crippen LogP contribution in [-0.2, 0) is 19.1 Å². The van der Waals surface area contributed by atoms with Gasteiger partial charge in [-0.05, 0) is 46.5 Å². The molecular weight excluding hydrogens is 536 g/mol. The highest BCUT2D eigenvalue weighted by Gasteiger charge is 2.41. The number of likely N-dealkylation sites (tertiary alicyclic amines) is 1. The first-order chi connectivity index (χ1) is 18.6. The van der Waals surface area contributed by atoms with Crippen molar-refractivity contribution in [1.29, 1.82) is 0 Å². The first-order valence-electron chi connectivity index (χ1n) is 13.6. The number of hydrogen-bond donors (Lipinski definition) is 2. The summed E-state index contributed by atoms with van der Waals surface area (Å²) >= 11 is 0. The van der Waals surface area contributed by atoms with E-state index in [1.807, 2.05) is 6.92 Å². The molecule has 0 spiro atoms. The first-order valence-corrected chi connectivity index (χ1v) is 13.6. The van der Waals surface area contributed by atoms with Crippen molar-refractivity contribution in [2.45, 2.75) is 90.4 Å². The minimum atomic E-state index is -1.79. The number of benzene rings is 1. The van der Waals surface area contributed by atoms with Gasteiger partial charge in [-0.25, -0.2) is 8.78 Å².